The van der Waals surface area contributed by atoms with Crippen molar-refractivity contribution in [2.45, 2.75) is 103 Å². The number of likely N-dealkylation sites (tertiary alicyclic amines) is 1. The molecule has 186 valence electrons. The Balaban J connectivity index is 1.19. The lowest BCUT2D eigenvalue weighted by molar-refractivity contribution is -0.139. The van der Waals surface area contributed by atoms with E-state index < -0.39 is 5.60 Å². The average molecular weight is 464 g/mol. The van der Waals surface area contributed by atoms with Crippen LogP contribution in [0.4, 0.5) is 0 Å². The van der Waals surface area contributed by atoms with Crippen molar-refractivity contribution in [3.63, 3.8) is 0 Å². The maximum atomic E-state index is 13.2. The second-order valence-corrected chi connectivity index (χ2v) is 13.4. The fourth-order valence-electron chi connectivity index (χ4n) is 9.90. The topological polar surface area (TPSA) is 40.5 Å². The molecule has 0 unspecified atom stereocenters. The van der Waals surface area contributed by atoms with E-state index in [1.54, 1.807) is 0 Å². The Morgan fingerprint density at radius 1 is 0.912 bits per heavy atom. The number of hydrogen-bond donors (Lipinski definition) is 1. The molecular weight excluding hydrogens is 418 g/mol. The second kappa shape index (κ2) is 8.64. The second-order valence-electron chi connectivity index (χ2n) is 13.4. The van der Waals surface area contributed by atoms with Gasteiger partial charge in [0.25, 0.3) is 0 Å². The predicted octanol–water partition coefficient (Wildman–Crippen LogP) is 6.76. The highest BCUT2D eigenvalue weighted by Crippen LogP contribution is 2.64. The highest BCUT2D eigenvalue weighted by Gasteiger charge is 2.57. The number of piperidine rings is 1. The Hall–Kier alpha value is -1.35. The Morgan fingerprint density at radius 3 is 2.53 bits per heavy atom. The molecule has 5 aliphatic rings. The minimum atomic E-state index is -0.425. The Morgan fingerprint density at radius 2 is 1.71 bits per heavy atom. The fourth-order valence-corrected chi connectivity index (χ4v) is 9.90. The number of hydrogen-bond acceptors (Lipinski definition) is 2. The summed E-state index contributed by atoms with van der Waals surface area (Å²) < 4.78 is 0. The Bertz CT molecular complexity index is 896. The van der Waals surface area contributed by atoms with Gasteiger partial charge in [-0.05, 0) is 124 Å². The summed E-state index contributed by atoms with van der Waals surface area (Å²) >= 11 is 0. The van der Waals surface area contributed by atoms with Crippen LogP contribution < -0.4 is 0 Å². The van der Waals surface area contributed by atoms with E-state index in [9.17, 15) is 9.90 Å². The van der Waals surface area contributed by atoms with Gasteiger partial charge in [-0.1, -0.05) is 37.3 Å². The normalized spacial score (nSPS) is 46.5. The number of aliphatic hydroxyl groups is 1. The molecule has 1 heterocycles. The van der Waals surface area contributed by atoms with Crippen molar-refractivity contribution in [1.82, 2.24) is 4.90 Å². The number of carbonyl (C=O) groups excluding carboxylic acids is 1. The van der Waals surface area contributed by atoms with Crippen LogP contribution >= 0.6 is 0 Å². The summed E-state index contributed by atoms with van der Waals surface area (Å²) in [5.41, 5.74) is 1.30. The first-order chi connectivity index (χ1) is 16.4. The minimum absolute atomic E-state index is 0.270. The monoisotopic (exact) mass is 463 g/mol. The van der Waals surface area contributed by atoms with Crippen molar-refractivity contribution < 1.29 is 9.90 Å². The van der Waals surface area contributed by atoms with Gasteiger partial charge in [0.1, 0.15) is 0 Å². The van der Waals surface area contributed by atoms with Crippen molar-refractivity contribution in [2.24, 2.45) is 40.9 Å². The van der Waals surface area contributed by atoms with E-state index in [1.807, 2.05) is 0 Å². The van der Waals surface area contributed by atoms with E-state index in [0.717, 1.165) is 68.2 Å². The highest BCUT2D eigenvalue weighted by molar-refractivity contribution is 5.77. The molecule has 9 atom stereocenters. The molecule has 34 heavy (non-hydrogen) atoms. The summed E-state index contributed by atoms with van der Waals surface area (Å²) in [7, 11) is 0. The van der Waals surface area contributed by atoms with Gasteiger partial charge in [0.05, 0.1) is 11.6 Å². The van der Waals surface area contributed by atoms with Gasteiger partial charge in [0.2, 0.25) is 5.91 Å². The molecule has 1 saturated heterocycles. The van der Waals surface area contributed by atoms with Crippen molar-refractivity contribution in [1.29, 1.82) is 0 Å². The molecule has 1 amide bonds. The molecular formula is C31H45NO2. The zero-order valence-electron chi connectivity index (χ0n) is 21.4. The van der Waals surface area contributed by atoms with Crippen LogP contribution in [0.2, 0.25) is 0 Å². The number of amides is 1. The quantitative estimate of drug-likeness (QED) is 0.538. The van der Waals surface area contributed by atoms with Gasteiger partial charge in [-0.2, -0.15) is 0 Å². The third kappa shape index (κ3) is 3.85. The lowest BCUT2D eigenvalue weighted by Gasteiger charge is -2.57. The van der Waals surface area contributed by atoms with Crippen molar-refractivity contribution in [3.05, 3.63) is 35.9 Å². The van der Waals surface area contributed by atoms with E-state index in [2.05, 4.69) is 49.1 Å². The number of benzene rings is 1. The molecule has 0 bridgehead atoms. The van der Waals surface area contributed by atoms with Crippen LogP contribution in [0.15, 0.2) is 30.3 Å². The fraction of sp³-hybridized carbons (Fsp3) is 0.774. The highest BCUT2D eigenvalue weighted by atomic mass is 16.3. The molecule has 3 nitrogen and oxygen atoms in total. The van der Waals surface area contributed by atoms with E-state index >= 15 is 0 Å². The molecule has 1 N–H and O–H groups in total. The SMILES string of the molecule is C[C@@]1(O)CC[C@H]2[C@H](CC[C@@H]3[C@@H]2CC[C@]2(C)[C@@H](CN4C(=O)CCC[C@H]4c4ccccc4)CC[C@@H]32)C1. The Kier molecular flexibility index (Phi) is 5.87. The van der Waals surface area contributed by atoms with Gasteiger partial charge in [-0.3, -0.25) is 4.79 Å². The summed E-state index contributed by atoms with van der Waals surface area (Å²) in [5, 5.41) is 10.7. The maximum Gasteiger partial charge on any atom is 0.223 e. The molecule has 4 saturated carbocycles. The zero-order chi connectivity index (χ0) is 23.5. The van der Waals surface area contributed by atoms with Crippen molar-refractivity contribution in [2.75, 3.05) is 6.54 Å². The summed E-state index contributed by atoms with van der Waals surface area (Å²) in [4.78, 5) is 15.5. The molecule has 0 radical (unpaired) electrons. The molecule has 1 aromatic carbocycles. The molecule has 3 heteroatoms. The van der Waals surface area contributed by atoms with Gasteiger partial charge in [-0.25, -0.2) is 0 Å². The summed E-state index contributed by atoms with van der Waals surface area (Å²) in [6.45, 7) is 5.65. The van der Waals surface area contributed by atoms with Crippen LogP contribution in [0.1, 0.15) is 103 Å². The maximum absolute atomic E-state index is 13.2. The summed E-state index contributed by atoms with van der Waals surface area (Å²) in [6, 6.07) is 11.1. The van der Waals surface area contributed by atoms with Gasteiger partial charge in [0, 0.05) is 13.0 Å². The minimum Gasteiger partial charge on any atom is -0.390 e. The molecule has 6 rings (SSSR count). The van der Waals surface area contributed by atoms with E-state index in [0.29, 0.717) is 17.2 Å². The van der Waals surface area contributed by atoms with Crippen LogP contribution in [0, 0.1) is 40.9 Å². The van der Waals surface area contributed by atoms with Crippen LogP contribution in [0.3, 0.4) is 0 Å². The summed E-state index contributed by atoms with van der Waals surface area (Å²) in [6.07, 6.45) is 14.3. The lowest BCUT2D eigenvalue weighted by Crippen LogP contribution is -2.51. The predicted molar refractivity (Wildman–Crippen MR) is 136 cm³/mol. The molecule has 0 spiro atoms. The number of carbonyl (C=O) groups is 1. The molecule has 5 fully saturated rings. The number of rotatable bonds is 3. The molecule has 1 aliphatic heterocycles. The zero-order valence-corrected chi connectivity index (χ0v) is 21.4. The first-order valence-corrected chi connectivity index (χ1v) is 14.4. The number of nitrogens with zero attached hydrogens (tertiary/aromatic N) is 1. The smallest absolute Gasteiger partial charge is 0.223 e. The van der Waals surface area contributed by atoms with Gasteiger partial charge in [0.15, 0.2) is 0 Å². The van der Waals surface area contributed by atoms with Crippen LogP contribution in [0.5, 0.6) is 0 Å². The molecule has 4 aliphatic carbocycles. The van der Waals surface area contributed by atoms with E-state index in [1.165, 1.54) is 50.5 Å². The van der Waals surface area contributed by atoms with Gasteiger partial charge in [-0.15, -0.1) is 0 Å². The van der Waals surface area contributed by atoms with Crippen molar-refractivity contribution >= 4 is 5.91 Å². The van der Waals surface area contributed by atoms with E-state index in [4.69, 9.17) is 0 Å². The third-order valence-electron chi connectivity index (χ3n) is 11.6. The standard InChI is InChI=1S/C31H45NO2/c1-30(34)17-15-24-22(19-30)11-13-26-25(24)16-18-31(2)23(12-14-27(26)31)20-32-28(9-6-10-29(32)33)21-7-4-3-5-8-21/h3-5,7-8,22-28,34H,6,9-20H2,1-2H3/t22-,23-,24+,25-,26-,27+,28+,30-,31-/m1/s1. The van der Waals surface area contributed by atoms with E-state index in [-0.39, 0.29) is 6.04 Å². The Labute approximate surface area is 206 Å². The van der Waals surface area contributed by atoms with Crippen LogP contribution in [0.25, 0.3) is 0 Å². The largest absolute Gasteiger partial charge is 0.390 e. The first-order valence-electron chi connectivity index (χ1n) is 14.4. The van der Waals surface area contributed by atoms with Crippen LogP contribution in [-0.4, -0.2) is 28.1 Å². The van der Waals surface area contributed by atoms with Crippen LogP contribution in [-0.2, 0) is 4.79 Å². The first kappa shape index (κ1) is 23.1. The van der Waals surface area contributed by atoms with Gasteiger partial charge >= 0.3 is 0 Å². The molecule has 1 aromatic rings. The summed E-state index contributed by atoms with van der Waals surface area (Å²) in [5.74, 6) is 5.26. The van der Waals surface area contributed by atoms with Crippen molar-refractivity contribution in [3.8, 4) is 0 Å². The molecule has 0 aromatic heterocycles. The average Bonchev–Trinajstić information content (AvgIpc) is 3.16. The number of fused-ring (bicyclic) bond motifs is 5. The third-order valence-corrected chi connectivity index (χ3v) is 11.6. The lowest BCUT2D eigenvalue weighted by atomic mass is 9.49. The van der Waals surface area contributed by atoms with Gasteiger partial charge < -0.3 is 10.0 Å².